The highest BCUT2D eigenvalue weighted by Crippen LogP contribution is 2.39. The second kappa shape index (κ2) is 8.04. The maximum Gasteiger partial charge on any atom is 0.308 e. The van der Waals surface area contributed by atoms with E-state index in [9.17, 15) is 9.59 Å². The summed E-state index contributed by atoms with van der Waals surface area (Å²) >= 11 is 1.26. The van der Waals surface area contributed by atoms with Gasteiger partial charge in [-0.1, -0.05) is 53.3 Å². The molecule has 1 heterocycles. The molecule has 0 fully saturated rings. The van der Waals surface area contributed by atoms with Gasteiger partial charge in [-0.3, -0.25) is 14.5 Å². The zero-order chi connectivity index (χ0) is 21.3. The molecule has 4 aromatic rings. The Bertz CT molecular complexity index is 1250. The average molecular weight is 417 g/mol. The van der Waals surface area contributed by atoms with E-state index in [0.717, 1.165) is 22.0 Å². The summed E-state index contributed by atoms with van der Waals surface area (Å²) in [5.41, 5.74) is 2.47. The Morgan fingerprint density at radius 1 is 0.933 bits per heavy atom. The van der Waals surface area contributed by atoms with Crippen LogP contribution in [0.1, 0.15) is 19.4 Å². The van der Waals surface area contributed by atoms with Crippen molar-refractivity contribution < 1.29 is 14.3 Å². The molecule has 3 aromatic carbocycles. The first-order chi connectivity index (χ1) is 14.4. The Kier molecular flexibility index (Phi) is 5.29. The van der Waals surface area contributed by atoms with E-state index in [-0.39, 0.29) is 5.91 Å². The topological polar surface area (TPSA) is 72.4 Å². The number of nitrogens with zero attached hydrogens (tertiary/aromatic N) is 3. The molecule has 0 aliphatic heterocycles. The number of carbonyl (C=O) groups is 2. The lowest BCUT2D eigenvalue weighted by Crippen LogP contribution is -2.22. The molecule has 0 saturated heterocycles. The zero-order valence-corrected chi connectivity index (χ0v) is 17.6. The van der Waals surface area contributed by atoms with E-state index in [0.29, 0.717) is 21.5 Å². The number of anilines is 2. The third-order valence-corrected chi connectivity index (χ3v) is 5.49. The fourth-order valence-corrected chi connectivity index (χ4v) is 4.09. The van der Waals surface area contributed by atoms with Crippen molar-refractivity contribution in [2.75, 3.05) is 4.90 Å². The molecular weight excluding hydrogens is 398 g/mol. The number of aryl methyl sites for hydroxylation is 1. The lowest BCUT2D eigenvalue weighted by atomic mass is 10.1. The standard InChI is InChI=1S/C23H19N3O3S/c1-14-8-10-19(11-9-14)26(15(2)27)23-25-24-22(30-23)20-12-17-6-4-5-7-18(17)13-21(20)29-16(3)28/h4-13H,1-3H3. The zero-order valence-electron chi connectivity index (χ0n) is 16.7. The lowest BCUT2D eigenvalue weighted by molar-refractivity contribution is -0.131. The molecule has 0 unspecified atom stereocenters. The van der Waals surface area contributed by atoms with Gasteiger partial charge in [-0.05, 0) is 42.0 Å². The molecule has 1 aromatic heterocycles. The van der Waals surface area contributed by atoms with Crippen LogP contribution >= 0.6 is 11.3 Å². The van der Waals surface area contributed by atoms with Gasteiger partial charge in [-0.2, -0.15) is 0 Å². The Labute approximate surface area is 177 Å². The second-order valence-electron chi connectivity index (χ2n) is 6.87. The van der Waals surface area contributed by atoms with E-state index in [1.54, 1.807) is 0 Å². The summed E-state index contributed by atoms with van der Waals surface area (Å²) in [6.07, 6.45) is 0. The molecule has 0 radical (unpaired) electrons. The van der Waals surface area contributed by atoms with Crippen LogP contribution in [0.5, 0.6) is 5.75 Å². The number of ether oxygens (including phenoxy) is 1. The van der Waals surface area contributed by atoms with Gasteiger partial charge in [0.2, 0.25) is 11.0 Å². The minimum atomic E-state index is -0.415. The smallest absolute Gasteiger partial charge is 0.308 e. The second-order valence-corrected chi connectivity index (χ2v) is 7.82. The van der Waals surface area contributed by atoms with Crippen LogP contribution in [-0.2, 0) is 9.59 Å². The Balaban J connectivity index is 1.80. The van der Waals surface area contributed by atoms with Crippen LogP contribution in [0.3, 0.4) is 0 Å². The summed E-state index contributed by atoms with van der Waals surface area (Å²) in [6, 6.07) is 19.2. The third kappa shape index (κ3) is 3.92. The van der Waals surface area contributed by atoms with Gasteiger partial charge < -0.3 is 4.74 Å². The van der Waals surface area contributed by atoms with Crippen LogP contribution in [0.15, 0.2) is 60.7 Å². The molecule has 0 aliphatic carbocycles. The fraction of sp³-hybridized carbons (Fsp3) is 0.130. The van der Waals surface area contributed by atoms with Crippen molar-refractivity contribution in [2.45, 2.75) is 20.8 Å². The third-order valence-electron chi connectivity index (χ3n) is 4.54. The molecule has 4 rings (SSSR count). The monoisotopic (exact) mass is 417 g/mol. The van der Waals surface area contributed by atoms with Gasteiger partial charge in [0.25, 0.3) is 0 Å². The number of carbonyl (C=O) groups excluding carboxylic acids is 2. The van der Waals surface area contributed by atoms with Crippen LogP contribution in [-0.4, -0.2) is 22.1 Å². The molecule has 0 bridgehead atoms. The summed E-state index contributed by atoms with van der Waals surface area (Å²) in [7, 11) is 0. The van der Waals surface area contributed by atoms with E-state index < -0.39 is 5.97 Å². The summed E-state index contributed by atoms with van der Waals surface area (Å²) < 4.78 is 5.44. The first-order valence-corrected chi connectivity index (χ1v) is 10.2. The number of benzene rings is 3. The predicted octanol–water partition coefficient (Wildman–Crippen LogP) is 5.28. The average Bonchev–Trinajstić information content (AvgIpc) is 3.17. The maximum atomic E-state index is 12.4. The van der Waals surface area contributed by atoms with Crippen molar-refractivity contribution in [1.82, 2.24) is 10.2 Å². The quantitative estimate of drug-likeness (QED) is 0.334. The molecule has 0 atom stereocenters. The molecule has 0 saturated carbocycles. The molecule has 0 N–H and O–H groups in total. The highest BCUT2D eigenvalue weighted by atomic mass is 32.1. The highest BCUT2D eigenvalue weighted by molar-refractivity contribution is 7.18. The number of hydrogen-bond acceptors (Lipinski definition) is 6. The minimum absolute atomic E-state index is 0.166. The SMILES string of the molecule is CC(=O)Oc1cc2ccccc2cc1-c1nnc(N(C(C)=O)c2ccc(C)cc2)s1. The molecule has 150 valence electrons. The summed E-state index contributed by atoms with van der Waals surface area (Å²) in [6.45, 7) is 4.84. The fourth-order valence-electron chi connectivity index (χ4n) is 3.16. The van der Waals surface area contributed by atoms with Gasteiger partial charge in [0.1, 0.15) is 5.75 Å². The molecular formula is C23H19N3O3S. The molecule has 1 amide bonds. The van der Waals surface area contributed by atoms with Crippen molar-refractivity contribution in [3.05, 3.63) is 66.2 Å². The van der Waals surface area contributed by atoms with Gasteiger partial charge in [-0.15, -0.1) is 10.2 Å². The van der Waals surface area contributed by atoms with E-state index >= 15 is 0 Å². The summed E-state index contributed by atoms with van der Waals surface area (Å²) in [4.78, 5) is 25.5. The van der Waals surface area contributed by atoms with Crippen molar-refractivity contribution >= 4 is 44.8 Å². The van der Waals surface area contributed by atoms with Crippen molar-refractivity contribution in [3.8, 4) is 16.3 Å². The highest BCUT2D eigenvalue weighted by Gasteiger charge is 2.21. The van der Waals surface area contributed by atoms with Gasteiger partial charge in [-0.25, -0.2) is 0 Å². The van der Waals surface area contributed by atoms with E-state index in [1.165, 1.54) is 30.1 Å². The number of esters is 1. The van der Waals surface area contributed by atoms with Gasteiger partial charge in [0.05, 0.1) is 11.3 Å². The van der Waals surface area contributed by atoms with Crippen molar-refractivity contribution in [3.63, 3.8) is 0 Å². The van der Waals surface area contributed by atoms with Crippen LogP contribution in [0, 0.1) is 6.92 Å². The minimum Gasteiger partial charge on any atom is -0.426 e. The number of aromatic nitrogens is 2. The normalized spacial score (nSPS) is 10.8. The number of amides is 1. The van der Waals surface area contributed by atoms with E-state index in [2.05, 4.69) is 10.2 Å². The van der Waals surface area contributed by atoms with E-state index in [1.807, 2.05) is 67.6 Å². The molecule has 0 aliphatic rings. The largest absolute Gasteiger partial charge is 0.426 e. The number of rotatable bonds is 4. The van der Waals surface area contributed by atoms with Crippen LogP contribution in [0.25, 0.3) is 21.3 Å². The lowest BCUT2D eigenvalue weighted by Gasteiger charge is -2.17. The molecule has 0 spiro atoms. The van der Waals surface area contributed by atoms with Crippen LogP contribution in [0.2, 0.25) is 0 Å². The Morgan fingerprint density at radius 3 is 2.23 bits per heavy atom. The molecule has 30 heavy (non-hydrogen) atoms. The van der Waals surface area contributed by atoms with Gasteiger partial charge in [0.15, 0.2) is 5.01 Å². The Morgan fingerprint density at radius 2 is 1.60 bits per heavy atom. The molecule has 6 nitrogen and oxygen atoms in total. The first kappa shape index (κ1) is 19.7. The van der Waals surface area contributed by atoms with Gasteiger partial charge in [0, 0.05) is 13.8 Å². The summed E-state index contributed by atoms with van der Waals surface area (Å²) in [5.74, 6) is -0.171. The van der Waals surface area contributed by atoms with Crippen molar-refractivity contribution in [1.29, 1.82) is 0 Å². The maximum absolute atomic E-state index is 12.4. The molecule has 7 heteroatoms. The van der Waals surface area contributed by atoms with Gasteiger partial charge >= 0.3 is 5.97 Å². The number of hydrogen-bond donors (Lipinski definition) is 0. The van der Waals surface area contributed by atoms with E-state index in [4.69, 9.17) is 4.74 Å². The Hall–Kier alpha value is -3.58. The number of fused-ring (bicyclic) bond motifs is 1. The summed E-state index contributed by atoms with van der Waals surface area (Å²) in [5, 5.41) is 11.5. The van der Waals surface area contributed by atoms with Crippen molar-refractivity contribution in [2.24, 2.45) is 0 Å². The first-order valence-electron chi connectivity index (χ1n) is 9.35. The van der Waals surface area contributed by atoms with Crippen LogP contribution in [0.4, 0.5) is 10.8 Å². The van der Waals surface area contributed by atoms with Crippen LogP contribution < -0.4 is 9.64 Å². The predicted molar refractivity (Wildman–Crippen MR) is 118 cm³/mol.